The second-order valence-corrected chi connectivity index (χ2v) is 3.06. The first-order valence-electron chi connectivity index (χ1n) is 4.80. The van der Waals surface area contributed by atoms with Crippen LogP contribution in [-0.4, -0.2) is 5.97 Å². The summed E-state index contributed by atoms with van der Waals surface area (Å²) < 4.78 is 4.96. The van der Waals surface area contributed by atoms with Crippen LogP contribution in [0.5, 0.6) is 0 Å². The Balaban J connectivity index is 2.55. The van der Waals surface area contributed by atoms with Gasteiger partial charge < -0.3 is 4.74 Å². The van der Waals surface area contributed by atoms with Gasteiger partial charge in [0, 0.05) is 6.08 Å². The Hall–Kier alpha value is -1.83. The number of hydrogen-bond acceptors (Lipinski definition) is 2. The first-order valence-corrected chi connectivity index (χ1v) is 4.80. The van der Waals surface area contributed by atoms with Crippen molar-refractivity contribution in [3.8, 4) is 0 Å². The Morgan fingerprint density at radius 1 is 1.27 bits per heavy atom. The fourth-order valence-electron chi connectivity index (χ4n) is 0.980. The standard InChI is InChI=1S/C13H14O2/c1-3-11(2)15-13(14)10-9-12-7-5-4-6-8-12/h3-10H,1-2H3. The topological polar surface area (TPSA) is 26.3 Å². The van der Waals surface area contributed by atoms with E-state index in [4.69, 9.17) is 4.74 Å². The molecule has 1 aromatic carbocycles. The molecule has 0 atom stereocenters. The van der Waals surface area contributed by atoms with Gasteiger partial charge in [-0.1, -0.05) is 30.3 Å². The van der Waals surface area contributed by atoms with E-state index >= 15 is 0 Å². The third kappa shape index (κ3) is 4.27. The van der Waals surface area contributed by atoms with E-state index in [-0.39, 0.29) is 5.97 Å². The molecule has 0 fully saturated rings. The summed E-state index contributed by atoms with van der Waals surface area (Å²) in [4.78, 5) is 11.2. The van der Waals surface area contributed by atoms with Gasteiger partial charge in [-0.05, 0) is 31.6 Å². The van der Waals surface area contributed by atoms with Crippen LogP contribution in [0.3, 0.4) is 0 Å². The van der Waals surface area contributed by atoms with Crippen LogP contribution in [0, 0.1) is 0 Å². The molecule has 1 rings (SSSR count). The lowest BCUT2D eigenvalue weighted by Crippen LogP contribution is -1.97. The Morgan fingerprint density at radius 2 is 1.93 bits per heavy atom. The molecule has 0 radical (unpaired) electrons. The van der Waals surface area contributed by atoms with Gasteiger partial charge in [-0.25, -0.2) is 4.79 Å². The quantitative estimate of drug-likeness (QED) is 0.427. The number of esters is 1. The van der Waals surface area contributed by atoms with Crippen LogP contribution in [0.4, 0.5) is 0 Å². The largest absolute Gasteiger partial charge is 0.429 e. The predicted octanol–water partition coefficient (Wildman–Crippen LogP) is 3.17. The number of ether oxygens (including phenoxy) is 1. The second-order valence-electron chi connectivity index (χ2n) is 3.06. The van der Waals surface area contributed by atoms with Crippen molar-refractivity contribution in [2.45, 2.75) is 13.8 Å². The highest BCUT2D eigenvalue weighted by Crippen LogP contribution is 2.02. The van der Waals surface area contributed by atoms with Crippen molar-refractivity contribution in [1.82, 2.24) is 0 Å². The molecular weight excluding hydrogens is 188 g/mol. The van der Waals surface area contributed by atoms with Crippen LogP contribution in [0.2, 0.25) is 0 Å². The van der Waals surface area contributed by atoms with Crippen molar-refractivity contribution in [3.63, 3.8) is 0 Å². The van der Waals surface area contributed by atoms with Crippen molar-refractivity contribution in [2.75, 3.05) is 0 Å². The van der Waals surface area contributed by atoms with Crippen LogP contribution in [0.15, 0.2) is 48.2 Å². The maximum absolute atomic E-state index is 11.2. The van der Waals surface area contributed by atoms with Gasteiger partial charge in [0.2, 0.25) is 0 Å². The summed E-state index contributed by atoms with van der Waals surface area (Å²) in [6.45, 7) is 3.57. The molecule has 2 heteroatoms. The summed E-state index contributed by atoms with van der Waals surface area (Å²) in [6.07, 6.45) is 4.89. The van der Waals surface area contributed by atoms with Gasteiger partial charge in [0.05, 0.1) is 0 Å². The molecule has 0 saturated heterocycles. The molecule has 0 spiro atoms. The molecule has 0 aliphatic carbocycles. The van der Waals surface area contributed by atoms with Crippen molar-refractivity contribution in [2.24, 2.45) is 0 Å². The van der Waals surface area contributed by atoms with Gasteiger partial charge in [0.25, 0.3) is 0 Å². The monoisotopic (exact) mass is 202 g/mol. The average molecular weight is 202 g/mol. The number of benzene rings is 1. The molecule has 0 bridgehead atoms. The smallest absolute Gasteiger partial charge is 0.335 e. The molecule has 2 nitrogen and oxygen atoms in total. The lowest BCUT2D eigenvalue weighted by Gasteiger charge is -1.98. The molecule has 0 saturated carbocycles. The molecule has 0 unspecified atom stereocenters. The molecule has 0 amide bonds. The summed E-state index contributed by atoms with van der Waals surface area (Å²) in [6, 6.07) is 9.61. The zero-order chi connectivity index (χ0) is 11.1. The SMILES string of the molecule is CC=C(C)OC(=O)C=Cc1ccccc1. The highest BCUT2D eigenvalue weighted by Gasteiger charge is 1.96. The van der Waals surface area contributed by atoms with Gasteiger partial charge in [-0.2, -0.15) is 0 Å². The van der Waals surface area contributed by atoms with Crippen molar-refractivity contribution in [3.05, 3.63) is 53.8 Å². The lowest BCUT2D eigenvalue weighted by atomic mass is 10.2. The van der Waals surface area contributed by atoms with Gasteiger partial charge in [-0.3, -0.25) is 0 Å². The fourth-order valence-corrected chi connectivity index (χ4v) is 0.980. The van der Waals surface area contributed by atoms with Crippen molar-refractivity contribution < 1.29 is 9.53 Å². The van der Waals surface area contributed by atoms with E-state index in [1.54, 1.807) is 19.1 Å². The molecule has 78 valence electrons. The van der Waals surface area contributed by atoms with Crippen LogP contribution >= 0.6 is 0 Å². The summed E-state index contributed by atoms with van der Waals surface area (Å²) in [7, 11) is 0. The van der Waals surface area contributed by atoms with E-state index in [9.17, 15) is 4.79 Å². The first kappa shape index (κ1) is 11.2. The van der Waals surface area contributed by atoms with Gasteiger partial charge in [0.1, 0.15) is 5.76 Å². The number of allylic oxidation sites excluding steroid dienone is 2. The number of carbonyl (C=O) groups is 1. The summed E-state index contributed by atoms with van der Waals surface area (Å²) >= 11 is 0. The van der Waals surface area contributed by atoms with Crippen molar-refractivity contribution in [1.29, 1.82) is 0 Å². The van der Waals surface area contributed by atoms with Crippen LogP contribution in [0.1, 0.15) is 19.4 Å². The molecule has 0 heterocycles. The van der Waals surface area contributed by atoms with E-state index < -0.39 is 0 Å². The highest BCUT2D eigenvalue weighted by molar-refractivity contribution is 5.87. The maximum Gasteiger partial charge on any atom is 0.335 e. The Bertz CT molecular complexity index is 375. The fraction of sp³-hybridized carbons (Fsp3) is 0.154. The number of carbonyl (C=O) groups excluding carboxylic acids is 1. The summed E-state index contributed by atoms with van der Waals surface area (Å²) in [5, 5.41) is 0. The van der Waals surface area contributed by atoms with Crippen LogP contribution < -0.4 is 0 Å². The van der Waals surface area contributed by atoms with E-state index in [0.29, 0.717) is 5.76 Å². The Morgan fingerprint density at radius 3 is 2.53 bits per heavy atom. The average Bonchev–Trinajstić information content (AvgIpc) is 2.27. The predicted molar refractivity (Wildman–Crippen MR) is 61.0 cm³/mol. The van der Waals surface area contributed by atoms with E-state index in [0.717, 1.165) is 5.56 Å². The molecular formula is C13H14O2. The van der Waals surface area contributed by atoms with E-state index in [1.807, 2.05) is 37.3 Å². The molecule has 0 aliphatic rings. The van der Waals surface area contributed by atoms with Crippen LogP contribution in [0.25, 0.3) is 6.08 Å². The number of rotatable bonds is 3. The van der Waals surface area contributed by atoms with Gasteiger partial charge >= 0.3 is 5.97 Å². The van der Waals surface area contributed by atoms with E-state index in [2.05, 4.69) is 0 Å². The third-order valence-electron chi connectivity index (χ3n) is 1.88. The second kappa shape index (κ2) is 5.81. The minimum absolute atomic E-state index is 0.352. The third-order valence-corrected chi connectivity index (χ3v) is 1.88. The van der Waals surface area contributed by atoms with E-state index in [1.165, 1.54) is 6.08 Å². The summed E-state index contributed by atoms with van der Waals surface area (Å²) in [5.74, 6) is 0.257. The molecule has 15 heavy (non-hydrogen) atoms. The molecule has 0 N–H and O–H groups in total. The van der Waals surface area contributed by atoms with Crippen molar-refractivity contribution >= 4 is 12.0 Å². The minimum Gasteiger partial charge on any atom is -0.429 e. The van der Waals surface area contributed by atoms with Crippen LogP contribution in [-0.2, 0) is 9.53 Å². The lowest BCUT2D eigenvalue weighted by molar-refractivity contribution is -0.133. The molecule has 0 aromatic heterocycles. The normalized spacial score (nSPS) is 11.7. The number of hydrogen-bond donors (Lipinski definition) is 0. The van der Waals surface area contributed by atoms with Gasteiger partial charge in [0.15, 0.2) is 0 Å². The summed E-state index contributed by atoms with van der Waals surface area (Å²) in [5.41, 5.74) is 0.979. The first-order chi connectivity index (χ1) is 7.22. The Labute approximate surface area is 89.9 Å². The zero-order valence-corrected chi connectivity index (χ0v) is 8.94. The molecule has 1 aromatic rings. The highest BCUT2D eigenvalue weighted by atomic mass is 16.5. The molecule has 0 aliphatic heterocycles. The minimum atomic E-state index is -0.352. The van der Waals surface area contributed by atoms with Gasteiger partial charge in [-0.15, -0.1) is 0 Å². The zero-order valence-electron chi connectivity index (χ0n) is 8.94. The Kier molecular flexibility index (Phi) is 4.35. The maximum atomic E-state index is 11.2.